The molecule has 0 saturated heterocycles. The maximum Gasteiger partial charge on any atom is 0.253 e. The highest BCUT2D eigenvalue weighted by Crippen LogP contribution is 2.06. The van der Waals surface area contributed by atoms with Crippen molar-refractivity contribution in [2.75, 3.05) is 0 Å². The normalized spacial score (nSPS) is 12.8. The molecule has 78 valence electrons. The summed E-state index contributed by atoms with van der Waals surface area (Å²) >= 11 is 3.49. The summed E-state index contributed by atoms with van der Waals surface area (Å²) in [6, 6.07) is 3.78. The SMILES string of the molecule is Cc1cccn(CCCC(C)Br)c1=O. The van der Waals surface area contributed by atoms with E-state index in [1.807, 2.05) is 25.3 Å². The summed E-state index contributed by atoms with van der Waals surface area (Å²) in [6.07, 6.45) is 3.99. The van der Waals surface area contributed by atoms with E-state index < -0.39 is 0 Å². The molecule has 0 spiro atoms. The lowest BCUT2D eigenvalue weighted by Gasteiger charge is -2.06. The van der Waals surface area contributed by atoms with Crippen LogP contribution >= 0.6 is 15.9 Å². The third-order valence-corrected chi connectivity index (χ3v) is 2.67. The third kappa shape index (κ3) is 3.29. The second-order valence-electron chi connectivity index (χ2n) is 3.61. The van der Waals surface area contributed by atoms with Crippen LogP contribution in [0.4, 0.5) is 0 Å². The molecule has 0 radical (unpaired) electrons. The Balaban J connectivity index is 2.59. The summed E-state index contributed by atoms with van der Waals surface area (Å²) in [7, 11) is 0. The average molecular weight is 258 g/mol. The van der Waals surface area contributed by atoms with Crippen molar-refractivity contribution in [2.24, 2.45) is 0 Å². The fraction of sp³-hybridized carbons (Fsp3) is 0.545. The molecular weight excluding hydrogens is 242 g/mol. The Labute approximate surface area is 93.1 Å². The van der Waals surface area contributed by atoms with Crippen LogP contribution in [0.15, 0.2) is 23.1 Å². The van der Waals surface area contributed by atoms with Gasteiger partial charge in [0, 0.05) is 23.1 Å². The lowest BCUT2D eigenvalue weighted by Crippen LogP contribution is -2.21. The van der Waals surface area contributed by atoms with Gasteiger partial charge in [-0.1, -0.05) is 28.9 Å². The van der Waals surface area contributed by atoms with Crippen molar-refractivity contribution in [2.45, 2.75) is 38.1 Å². The van der Waals surface area contributed by atoms with Crippen molar-refractivity contribution in [3.05, 3.63) is 34.2 Å². The average Bonchev–Trinajstić information content (AvgIpc) is 2.12. The van der Waals surface area contributed by atoms with Gasteiger partial charge in [0.05, 0.1) is 0 Å². The van der Waals surface area contributed by atoms with E-state index in [2.05, 4.69) is 22.9 Å². The number of halogens is 1. The van der Waals surface area contributed by atoms with Gasteiger partial charge in [-0.15, -0.1) is 0 Å². The molecule has 0 aliphatic carbocycles. The van der Waals surface area contributed by atoms with E-state index in [0.717, 1.165) is 24.9 Å². The number of hydrogen-bond acceptors (Lipinski definition) is 1. The number of hydrogen-bond donors (Lipinski definition) is 0. The second kappa shape index (κ2) is 5.35. The monoisotopic (exact) mass is 257 g/mol. The van der Waals surface area contributed by atoms with E-state index in [1.165, 1.54) is 0 Å². The van der Waals surface area contributed by atoms with E-state index in [1.54, 1.807) is 4.57 Å². The first kappa shape index (κ1) is 11.5. The minimum atomic E-state index is 0.134. The molecule has 0 bridgehead atoms. The van der Waals surface area contributed by atoms with E-state index in [-0.39, 0.29) is 5.56 Å². The van der Waals surface area contributed by atoms with E-state index >= 15 is 0 Å². The highest BCUT2D eigenvalue weighted by Gasteiger charge is 1.99. The standard InChI is InChI=1S/C11H16BrNO/c1-9-5-3-7-13(11(9)14)8-4-6-10(2)12/h3,5,7,10H,4,6,8H2,1-2H3. The summed E-state index contributed by atoms with van der Waals surface area (Å²) in [6.45, 7) is 4.79. The highest BCUT2D eigenvalue weighted by molar-refractivity contribution is 9.09. The van der Waals surface area contributed by atoms with Gasteiger partial charge in [-0.3, -0.25) is 4.79 Å². The number of aromatic nitrogens is 1. The predicted molar refractivity (Wildman–Crippen MR) is 63.1 cm³/mol. The first-order chi connectivity index (χ1) is 6.61. The van der Waals surface area contributed by atoms with Crippen LogP contribution in [0.2, 0.25) is 0 Å². The quantitative estimate of drug-likeness (QED) is 0.761. The summed E-state index contributed by atoms with van der Waals surface area (Å²) < 4.78 is 1.78. The van der Waals surface area contributed by atoms with Crippen molar-refractivity contribution in [1.29, 1.82) is 0 Å². The molecule has 1 aromatic heterocycles. The van der Waals surface area contributed by atoms with E-state index in [4.69, 9.17) is 0 Å². The summed E-state index contributed by atoms with van der Waals surface area (Å²) in [5, 5.41) is 0. The maximum atomic E-state index is 11.6. The van der Waals surface area contributed by atoms with Crippen LogP contribution in [0.5, 0.6) is 0 Å². The Kier molecular flexibility index (Phi) is 4.39. The fourth-order valence-corrected chi connectivity index (χ4v) is 1.70. The summed E-state index contributed by atoms with van der Waals surface area (Å²) in [5.74, 6) is 0. The van der Waals surface area contributed by atoms with Gasteiger partial charge in [0.15, 0.2) is 0 Å². The zero-order valence-corrected chi connectivity index (χ0v) is 10.3. The molecule has 0 amide bonds. The lowest BCUT2D eigenvalue weighted by molar-refractivity contribution is 0.592. The van der Waals surface area contributed by atoms with Crippen molar-refractivity contribution in [3.8, 4) is 0 Å². The Morgan fingerprint density at radius 2 is 2.29 bits per heavy atom. The molecule has 1 atom stereocenters. The molecule has 0 aliphatic heterocycles. The second-order valence-corrected chi connectivity index (χ2v) is 5.18. The van der Waals surface area contributed by atoms with Crippen molar-refractivity contribution in [1.82, 2.24) is 4.57 Å². The van der Waals surface area contributed by atoms with Crippen LogP contribution in [0.3, 0.4) is 0 Å². The molecule has 1 heterocycles. The van der Waals surface area contributed by atoms with Gasteiger partial charge < -0.3 is 4.57 Å². The van der Waals surface area contributed by atoms with Gasteiger partial charge >= 0.3 is 0 Å². The topological polar surface area (TPSA) is 22.0 Å². The fourth-order valence-electron chi connectivity index (χ4n) is 1.38. The molecule has 0 N–H and O–H groups in total. The molecule has 0 aromatic carbocycles. The van der Waals surface area contributed by atoms with Crippen LogP contribution in [0, 0.1) is 6.92 Å². The molecule has 1 aromatic rings. The molecule has 1 rings (SSSR count). The van der Waals surface area contributed by atoms with Crippen LogP contribution < -0.4 is 5.56 Å². The third-order valence-electron chi connectivity index (χ3n) is 2.21. The number of nitrogens with zero attached hydrogens (tertiary/aromatic N) is 1. The van der Waals surface area contributed by atoms with Crippen molar-refractivity contribution < 1.29 is 0 Å². The number of pyridine rings is 1. The van der Waals surface area contributed by atoms with Gasteiger partial charge in [-0.2, -0.15) is 0 Å². The number of aryl methyl sites for hydroxylation is 2. The molecular formula is C11H16BrNO. The largest absolute Gasteiger partial charge is 0.315 e. The Morgan fingerprint density at radius 3 is 2.93 bits per heavy atom. The van der Waals surface area contributed by atoms with Gasteiger partial charge in [0.2, 0.25) is 0 Å². The smallest absolute Gasteiger partial charge is 0.253 e. The predicted octanol–water partition coefficient (Wildman–Crippen LogP) is 2.72. The Hall–Kier alpha value is -0.570. The molecule has 2 nitrogen and oxygen atoms in total. The van der Waals surface area contributed by atoms with Crippen LogP contribution in [0.1, 0.15) is 25.3 Å². The zero-order valence-electron chi connectivity index (χ0n) is 8.66. The maximum absolute atomic E-state index is 11.6. The molecule has 0 saturated carbocycles. The molecule has 0 aliphatic rings. The summed E-state index contributed by atoms with van der Waals surface area (Å²) in [4.78, 5) is 12.1. The minimum absolute atomic E-state index is 0.134. The van der Waals surface area contributed by atoms with Gasteiger partial charge in [0.1, 0.15) is 0 Å². The first-order valence-electron chi connectivity index (χ1n) is 4.91. The molecule has 3 heteroatoms. The number of alkyl halides is 1. The van der Waals surface area contributed by atoms with Gasteiger partial charge in [-0.25, -0.2) is 0 Å². The van der Waals surface area contributed by atoms with Crippen molar-refractivity contribution >= 4 is 15.9 Å². The zero-order chi connectivity index (χ0) is 10.6. The molecule has 0 fully saturated rings. The van der Waals surface area contributed by atoms with E-state index in [0.29, 0.717) is 4.83 Å². The van der Waals surface area contributed by atoms with Gasteiger partial charge in [-0.05, 0) is 25.8 Å². The number of rotatable bonds is 4. The minimum Gasteiger partial charge on any atom is -0.315 e. The Bertz CT molecular complexity index is 343. The highest BCUT2D eigenvalue weighted by atomic mass is 79.9. The lowest BCUT2D eigenvalue weighted by atomic mass is 10.2. The van der Waals surface area contributed by atoms with E-state index in [9.17, 15) is 4.79 Å². The molecule has 14 heavy (non-hydrogen) atoms. The van der Waals surface area contributed by atoms with Crippen LogP contribution in [-0.2, 0) is 6.54 Å². The van der Waals surface area contributed by atoms with Gasteiger partial charge in [0.25, 0.3) is 5.56 Å². The van der Waals surface area contributed by atoms with Crippen LogP contribution in [0.25, 0.3) is 0 Å². The summed E-state index contributed by atoms with van der Waals surface area (Å²) in [5.41, 5.74) is 0.953. The van der Waals surface area contributed by atoms with Crippen molar-refractivity contribution in [3.63, 3.8) is 0 Å². The Morgan fingerprint density at radius 1 is 1.57 bits per heavy atom. The first-order valence-corrected chi connectivity index (χ1v) is 5.83. The molecule has 1 unspecified atom stereocenters. The van der Waals surface area contributed by atoms with Crippen LogP contribution in [-0.4, -0.2) is 9.39 Å².